The average molecular weight is 367 g/mol. The van der Waals surface area contributed by atoms with Crippen LogP contribution in [0.25, 0.3) is 0 Å². The summed E-state index contributed by atoms with van der Waals surface area (Å²) in [6.07, 6.45) is 1.72. The lowest BCUT2D eigenvalue weighted by atomic mass is 10.1. The zero-order valence-electron chi connectivity index (χ0n) is 10.2. The minimum atomic E-state index is -3.34. The third kappa shape index (κ3) is 3.84. The number of anilines is 1. The van der Waals surface area contributed by atoms with E-state index in [2.05, 4.69) is 31.0 Å². The Labute approximate surface area is 125 Å². The molecule has 0 saturated carbocycles. The van der Waals surface area contributed by atoms with Crippen molar-refractivity contribution in [3.63, 3.8) is 0 Å². The zero-order chi connectivity index (χ0) is 14.0. The maximum absolute atomic E-state index is 11.2. The van der Waals surface area contributed by atoms with Gasteiger partial charge in [-0.3, -0.25) is 9.71 Å². The second-order valence-corrected chi connectivity index (χ2v) is 7.13. The topological polar surface area (TPSA) is 70.6 Å². The lowest BCUT2D eigenvalue weighted by Gasteiger charge is -2.11. The number of sulfonamides is 1. The molecule has 19 heavy (non-hydrogen) atoms. The van der Waals surface area contributed by atoms with Gasteiger partial charge in [-0.05, 0) is 27.6 Å². The maximum atomic E-state index is 11.2. The van der Waals surface area contributed by atoms with E-state index in [0.717, 1.165) is 30.7 Å². The van der Waals surface area contributed by atoms with Crippen molar-refractivity contribution in [1.29, 1.82) is 0 Å². The van der Waals surface area contributed by atoms with Crippen molar-refractivity contribution in [3.8, 4) is 0 Å². The highest BCUT2D eigenvalue weighted by Gasteiger charge is 2.14. The Morgan fingerprint density at radius 1 is 1.53 bits per heavy atom. The molecule has 0 amide bonds. The number of halogens is 2. The molecule has 2 N–H and O–H groups in total. The largest absolute Gasteiger partial charge is 0.372 e. The van der Waals surface area contributed by atoms with Crippen LogP contribution in [0.15, 0.2) is 21.6 Å². The van der Waals surface area contributed by atoms with Gasteiger partial charge >= 0.3 is 0 Å². The molecule has 1 aromatic carbocycles. The summed E-state index contributed by atoms with van der Waals surface area (Å²) < 4.78 is 25.5. The molecule has 104 valence electrons. The zero-order valence-corrected chi connectivity index (χ0v) is 13.4. The van der Waals surface area contributed by atoms with Crippen LogP contribution in [-0.2, 0) is 16.4 Å². The van der Waals surface area contributed by atoms with Gasteiger partial charge in [0.25, 0.3) is 0 Å². The molecule has 1 aliphatic rings. The molecule has 0 fully saturated rings. The summed E-state index contributed by atoms with van der Waals surface area (Å²) in [6, 6.07) is 3.48. The average Bonchev–Trinajstić information content (AvgIpc) is 2.80. The molecule has 0 aromatic heterocycles. The third-order valence-electron chi connectivity index (χ3n) is 2.56. The first-order valence-corrected chi connectivity index (χ1v) is 8.65. The highest BCUT2D eigenvalue weighted by molar-refractivity contribution is 9.10. The van der Waals surface area contributed by atoms with E-state index in [9.17, 15) is 8.42 Å². The normalized spacial score (nSPS) is 15.0. The maximum Gasteiger partial charge on any atom is 0.229 e. The molecule has 1 aromatic rings. The Morgan fingerprint density at radius 3 is 2.84 bits per heavy atom. The van der Waals surface area contributed by atoms with Gasteiger partial charge in [-0.1, -0.05) is 17.7 Å². The van der Waals surface area contributed by atoms with Crippen molar-refractivity contribution in [2.45, 2.75) is 6.42 Å². The minimum Gasteiger partial charge on any atom is -0.372 e. The van der Waals surface area contributed by atoms with E-state index in [0.29, 0.717) is 21.6 Å². The van der Waals surface area contributed by atoms with Crippen LogP contribution in [0, 0.1) is 0 Å². The Hall–Kier alpha value is -0.790. The molecule has 0 bridgehead atoms. The van der Waals surface area contributed by atoms with E-state index in [1.807, 2.05) is 6.07 Å². The van der Waals surface area contributed by atoms with Crippen LogP contribution < -0.4 is 10.0 Å². The summed E-state index contributed by atoms with van der Waals surface area (Å²) in [5, 5.41) is 3.53. The Bertz CT molecular complexity index is 631. The minimum absolute atomic E-state index is 0.349. The van der Waals surface area contributed by atoms with E-state index >= 15 is 0 Å². The van der Waals surface area contributed by atoms with Crippen LogP contribution in [0.4, 0.5) is 5.69 Å². The summed E-state index contributed by atoms with van der Waals surface area (Å²) >= 11 is 9.55. The van der Waals surface area contributed by atoms with E-state index in [1.165, 1.54) is 0 Å². The van der Waals surface area contributed by atoms with Gasteiger partial charge in [0, 0.05) is 17.4 Å². The van der Waals surface area contributed by atoms with Crippen LogP contribution >= 0.6 is 27.5 Å². The van der Waals surface area contributed by atoms with Gasteiger partial charge in [-0.25, -0.2) is 8.42 Å². The van der Waals surface area contributed by atoms with Crippen LogP contribution in [-0.4, -0.2) is 33.6 Å². The SMILES string of the molecule is CS(=O)(=O)Nc1ccc(CC2=NCCN2)c(Br)c1Cl. The number of nitrogens with zero attached hydrogens (tertiary/aromatic N) is 1. The first-order valence-electron chi connectivity index (χ1n) is 5.58. The van der Waals surface area contributed by atoms with Gasteiger partial charge in [-0.2, -0.15) is 0 Å². The molecule has 2 rings (SSSR count). The number of amidine groups is 1. The predicted molar refractivity (Wildman–Crippen MR) is 81.6 cm³/mol. The van der Waals surface area contributed by atoms with Crippen molar-refractivity contribution >= 4 is 49.1 Å². The molecule has 0 spiro atoms. The number of hydrogen-bond donors (Lipinski definition) is 2. The number of benzene rings is 1. The fourth-order valence-corrected chi connectivity index (χ4v) is 3.09. The van der Waals surface area contributed by atoms with Gasteiger partial charge in [0.05, 0.1) is 23.5 Å². The second-order valence-electron chi connectivity index (χ2n) is 4.21. The second kappa shape index (κ2) is 5.68. The monoisotopic (exact) mass is 365 g/mol. The smallest absolute Gasteiger partial charge is 0.229 e. The van der Waals surface area contributed by atoms with E-state index in [4.69, 9.17) is 11.6 Å². The van der Waals surface area contributed by atoms with Crippen molar-refractivity contribution in [2.24, 2.45) is 4.99 Å². The lowest BCUT2D eigenvalue weighted by molar-refractivity contribution is 0.607. The summed E-state index contributed by atoms with van der Waals surface area (Å²) in [4.78, 5) is 4.31. The first kappa shape index (κ1) is 14.6. The van der Waals surface area contributed by atoms with Crippen molar-refractivity contribution in [1.82, 2.24) is 5.32 Å². The quantitative estimate of drug-likeness (QED) is 0.856. The van der Waals surface area contributed by atoms with E-state index < -0.39 is 10.0 Å². The molecule has 0 unspecified atom stereocenters. The summed E-state index contributed by atoms with van der Waals surface area (Å²) in [7, 11) is -3.34. The lowest BCUT2D eigenvalue weighted by Crippen LogP contribution is -2.20. The van der Waals surface area contributed by atoms with Gasteiger partial charge in [0.15, 0.2) is 0 Å². The Morgan fingerprint density at radius 2 is 2.26 bits per heavy atom. The molecular formula is C11H13BrClN3O2S. The third-order valence-corrected chi connectivity index (χ3v) is 4.68. The highest BCUT2D eigenvalue weighted by atomic mass is 79.9. The van der Waals surface area contributed by atoms with Crippen LogP contribution in [0.5, 0.6) is 0 Å². The Balaban J connectivity index is 2.26. The molecule has 0 aliphatic carbocycles. The molecule has 5 nitrogen and oxygen atoms in total. The van der Waals surface area contributed by atoms with Gasteiger partial charge < -0.3 is 5.32 Å². The number of hydrogen-bond acceptors (Lipinski definition) is 4. The number of aliphatic imine (C=N–C) groups is 1. The van der Waals surface area contributed by atoms with Crippen LogP contribution in [0.2, 0.25) is 5.02 Å². The van der Waals surface area contributed by atoms with Crippen LogP contribution in [0.3, 0.4) is 0 Å². The summed E-state index contributed by atoms with van der Waals surface area (Å²) in [5.41, 5.74) is 1.32. The molecule has 8 heteroatoms. The van der Waals surface area contributed by atoms with Gasteiger partial charge in [-0.15, -0.1) is 0 Å². The van der Waals surface area contributed by atoms with Crippen molar-refractivity contribution in [3.05, 3.63) is 27.2 Å². The molecule has 0 saturated heterocycles. The number of nitrogens with one attached hydrogen (secondary N) is 2. The first-order chi connectivity index (χ1) is 8.87. The molecular weight excluding hydrogens is 354 g/mol. The van der Waals surface area contributed by atoms with Crippen molar-refractivity contribution < 1.29 is 8.42 Å². The standard InChI is InChI=1S/C11H13BrClN3O2S/c1-19(17,18)16-8-3-2-7(10(12)11(8)13)6-9-14-4-5-15-9/h2-3,16H,4-6H2,1H3,(H,14,15). The fourth-order valence-electron chi connectivity index (χ4n) is 1.75. The Kier molecular flexibility index (Phi) is 4.37. The fraction of sp³-hybridized carbons (Fsp3) is 0.364. The summed E-state index contributed by atoms with van der Waals surface area (Å²) in [6.45, 7) is 1.64. The van der Waals surface area contributed by atoms with Crippen molar-refractivity contribution in [2.75, 3.05) is 24.1 Å². The van der Waals surface area contributed by atoms with E-state index in [1.54, 1.807) is 6.07 Å². The molecule has 1 heterocycles. The number of rotatable bonds is 4. The predicted octanol–water partition coefficient (Wildman–Crippen LogP) is 2.02. The van der Waals surface area contributed by atoms with Gasteiger partial charge in [0.2, 0.25) is 10.0 Å². The van der Waals surface area contributed by atoms with E-state index in [-0.39, 0.29) is 0 Å². The summed E-state index contributed by atoms with van der Waals surface area (Å²) in [5.74, 6) is 0.917. The van der Waals surface area contributed by atoms with Crippen LogP contribution in [0.1, 0.15) is 5.56 Å². The molecule has 1 aliphatic heterocycles. The molecule has 0 radical (unpaired) electrons. The highest BCUT2D eigenvalue weighted by Crippen LogP contribution is 2.34. The molecule has 0 atom stereocenters. The van der Waals surface area contributed by atoms with Gasteiger partial charge in [0.1, 0.15) is 5.84 Å².